The van der Waals surface area contributed by atoms with Gasteiger partial charge in [-0.1, -0.05) is 31.2 Å². The maximum atomic E-state index is 14.4. The van der Waals surface area contributed by atoms with Gasteiger partial charge in [-0.25, -0.2) is 48.7 Å². The fraction of sp³-hybridized carbons (Fsp3) is 0.256. The Morgan fingerprint density at radius 3 is 1.27 bits per heavy atom. The van der Waals surface area contributed by atoms with E-state index in [1.807, 2.05) is 117 Å². The molecule has 4 aliphatic heterocycles. The van der Waals surface area contributed by atoms with E-state index in [2.05, 4.69) is 99.3 Å². The Morgan fingerprint density at radius 1 is 0.421 bits per heavy atom. The number of hydrogen-bond donors (Lipinski definition) is 2. The number of aromatic nitrogens is 12. The predicted molar refractivity (Wildman–Crippen MR) is 436 cm³/mol. The number of oxazole rings is 4. The van der Waals surface area contributed by atoms with Crippen LogP contribution in [0, 0.1) is 39.3 Å². The number of nitrogens with one attached hydrogen (secondary N) is 2. The van der Waals surface area contributed by atoms with Crippen LogP contribution in [0.3, 0.4) is 0 Å². The molecule has 0 aliphatic carbocycles. The first-order chi connectivity index (χ1) is 55.2. The number of hydrogen-bond acceptors (Lipinski definition) is 22. The lowest BCUT2D eigenvalue weighted by molar-refractivity contribution is 0.318. The van der Waals surface area contributed by atoms with Crippen LogP contribution < -0.4 is 42.7 Å². The molecule has 28 heteroatoms. The number of likely N-dealkylation sites (N-methyl/N-ethyl adjacent to an activating group) is 2. The predicted octanol–water partition coefficient (Wildman–Crippen LogP) is 12.6. The van der Waals surface area contributed by atoms with Crippen molar-refractivity contribution in [1.29, 1.82) is 0 Å². The van der Waals surface area contributed by atoms with Gasteiger partial charge in [-0.3, -0.25) is 41.7 Å². The van der Waals surface area contributed by atoms with Crippen LogP contribution in [0.25, 0.3) is 123 Å². The van der Waals surface area contributed by atoms with Crippen LogP contribution >= 0.6 is 0 Å². The van der Waals surface area contributed by atoms with Crippen LogP contribution in [0.2, 0.25) is 0 Å². The summed E-state index contributed by atoms with van der Waals surface area (Å²) >= 11 is 0. The monoisotopic (exact) mass is 1530 g/mol. The average molecular weight is 1530 g/mol. The summed E-state index contributed by atoms with van der Waals surface area (Å²) in [7, 11) is 2.11. The summed E-state index contributed by atoms with van der Waals surface area (Å²) in [5.74, 6) is 1.01. The van der Waals surface area contributed by atoms with Gasteiger partial charge < -0.3 is 43.0 Å². The summed E-state index contributed by atoms with van der Waals surface area (Å²) < 4.78 is 57.2. The Hall–Kier alpha value is -13.0. The van der Waals surface area contributed by atoms with E-state index >= 15 is 0 Å². The van der Waals surface area contributed by atoms with Gasteiger partial charge in [0.2, 0.25) is 0 Å². The summed E-state index contributed by atoms with van der Waals surface area (Å²) in [5, 5.41) is 6.72. The molecule has 20 rings (SSSR count). The van der Waals surface area contributed by atoms with Crippen LogP contribution in [0.4, 0.5) is 20.2 Å². The molecule has 12 aromatic heterocycles. The SMILES string of the molecule is CCN1CC=C(c2ccc3nc(-c4ccc5nc(C)oc5c4)cc(=O)n3c2)CC1.Cc1nc2c(F)cc(-c3cc(=O)n4cc(N5CCNCC5)ccc4n3)cc2o1.Cc1nc2c(F)cc(-c3cc(=O)n4cc(N5CCN[C@@H](C)C5)ccc4n3)cc2o1.Cc1nc2ccc(-c3cc(=O)n4cc(C5=CCN(C)CC5)ccc4n3)cc2o1. The number of anilines is 2. The highest BCUT2D eigenvalue weighted by molar-refractivity contribution is 5.84. The van der Waals surface area contributed by atoms with Crippen molar-refractivity contribution in [1.82, 2.24) is 77.9 Å². The molecule has 576 valence electrons. The molecule has 0 bridgehead atoms. The first kappa shape index (κ1) is 73.8. The number of halogens is 2. The van der Waals surface area contributed by atoms with Crippen molar-refractivity contribution in [2.24, 2.45) is 0 Å². The quantitative estimate of drug-likeness (QED) is 0.136. The number of nitrogens with zero attached hydrogens (tertiary/aromatic N) is 16. The van der Waals surface area contributed by atoms with Crippen molar-refractivity contribution in [2.75, 3.05) is 95.4 Å². The molecule has 114 heavy (non-hydrogen) atoms. The van der Waals surface area contributed by atoms with Crippen LogP contribution in [-0.2, 0) is 0 Å². The molecule has 2 N–H and O–H groups in total. The molecule has 4 aliphatic rings. The number of benzene rings is 4. The van der Waals surface area contributed by atoms with Gasteiger partial charge in [-0.2, -0.15) is 0 Å². The first-order valence-electron chi connectivity index (χ1n) is 38.0. The molecule has 26 nitrogen and oxygen atoms in total. The highest BCUT2D eigenvalue weighted by Crippen LogP contribution is 2.32. The standard InChI is InChI=1S/C23H22N4O2.C22H20N4O2.C21H20FN5O2.C20H18FN5O2/c1-3-26-10-8-16(9-11-26)18-5-7-22-25-20(13-23(28)27(22)14-18)17-4-6-19-21(12-17)29-15(2)24-19;1-14-23-18-5-3-16(11-20(18)28-14)19-12-22(27)26-13-17(4-6-21(26)24-19)15-7-9-25(2)10-8-15;1-12-10-26(6-5-23-12)15-3-4-19-25-17(9-20(28)27(19)11-15)14-7-16(22)21-18(8-14)29-13(2)24-21;1-12-23-20-15(21)8-13(9-17(20)28-12)16-10-19(27)26-11-14(2-3-18(26)24-16)25-6-4-22-5-7-25/h4-8,12-14H,3,9-11H2,1-2H3;3-7,11-13H,8-10H2,1-2H3;3-4,7-9,11-12,23H,5-6,10H2,1-2H3;2-3,8-11,22H,4-7H2,1H3/t;;12-;/m..0./s1. The van der Waals surface area contributed by atoms with Gasteiger partial charge in [0.15, 0.2) is 57.5 Å². The van der Waals surface area contributed by atoms with Crippen molar-refractivity contribution >= 4 is 89.5 Å². The second-order valence-corrected chi connectivity index (χ2v) is 29.0. The van der Waals surface area contributed by atoms with Crippen LogP contribution in [0.5, 0.6) is 0 Å². The van der Waals surface area contributed by atoms with E-state index in [4.69, 9.17) is 27.6 Å². The lowest BCUT2D eigenvalue weighted by Crippen LogP contribution is -2.49. The van der Waals surface area contributed by atoms with Crippen molar-refractivity contribution in [2.45, 2.75) is 60.4 Å². The van der Waals surface area contributed by atoms with Crippen molar-refractivity contribution in [3.05, 3.63) is 258 Å². The van der Waals surface area contributed by atoms with Gasteiger partial charge in [0.25, 0.3) is 22.2 Å². The third-order valence-corrected chi connectivity index (χ3v) is 21.0. The third kappa shape index (κ3) is 15.3. The van der Waals surface area contributed by atoms with Gasteiger partial charge in [-0.15, -0.1) is 0 Å². The fourth-order valence-corrected chi connectivity index (χ4v) is 15.0. The maximum Gasteiger partial charge on any atom is 0.258 e. The topological polar surface area (TPSA) is 279 Å². The number of fused-ring (bicyclic) bond motifs is 8. The molecule has 1 atom stereocenters. The molecule has 16 heterocycles. The van der Waals surface area contributed by atoms with E-state index in [1.165, 1.54) is 44.2 Å². The molecule has 0 amide bonds. The van der Waals surface area contributed by atoms with Crippen molar-refractivity contribution in [3.63, 3.8) is 0 Å². The molecule has 2 fully saturated rings. The van der Waals surface area contributed by atoms with Gasteiger partial charge >= 0.3 is 0 Å². The van der Waals surface area contributed by atoms with Gasteiger partial charge in [-0.05, 0) is 153 Å². The van der Waals surface area contributed by atoms with Crippen LogP contribution in [-0.4, -0.2) is 159 Å². The van der Waals surface area contributed by atoms with E-state index in [-0.39, 0.29) is 33.3 Å². The maximum absolute atomic E-state index is 14.4. The highest BCUT2D eigenvalue weighted by atomic mass is 19.1. The van der Waals surface area contributed by atoms with Crippen molar-refractivity contribution in [3.8, 4) is 45.0 Å². The molecular weight excluding hydrogens is 1450 g/mol. The third-order valence-electron chi connectivity index (χ3n) is 21.0. The Labute approximate surface area is 649 Å². The smallest absolute Gasteiger partial charge is 0.258 e. The second kappa shape index (κ2) is 30.9. The van der Waals surface area contributed by atoms with E-state index in [0.717, 1.165) is 136 Å². The molecule has 0 spiro atoms. The molecule has 16 aromatic rings. The highest BCUT2D eigenvalue weighted by Gasteiger charge is 2.22. The Balaban J connectivity index is 0.000000110. The minimum atomic E-state index is -0.500. The lowest BCUT2D eigenvalue weighted by Gasteiger charge is -2.33. The second-order valence-electron chi connectivity index (χ2n) is 29.0. The van der Waals surface area contributed by atoms with E-state index in [9.17, 15) is 28.0 Å². The van der Waals surface area contributed by atoms with Crippen molar-refractivity contribution < 1.29 is 26.4 Å². The molecule has 4 aromatic carbocycles. The zero-order valence-corrected chi connectivity index (χ0v) is 63.8. The van der Waals surface area contributed by atoms with Crippen LogP contribution in [0.1, 0.15) is 61.4 Å². The fourth-order valence-electron chi connectivity index (χ4n) is 15.0. The van der Waals surface area contributed by atoms with Gasteiger partial charge in [0.05, 0.1) is 34.2 Å². The molecule has 0 saturated carbocycles. The molecule has 0 radical (unpaired) electrons. The van der Waals surface area contributed by atoms with E-state index in [0.29, 0.717) is 108 Å². The number of aryl methyl sites for hydroxylation is 4. The summed E-state index contributed by atoms with van der Waals surface area (Å²) in [6.07, 6.45) is 13.9. The summed E-state index contributed by atoms with van der Waals surface area (Å²) in [4.78, 5) is 95.5. The summed E-state index contributed by atoms with van der Waals surface area (Å²) in [6.45, 7) is 22.6. The number of piperazine rings is 2. The Kier molecular flexibility index (Phi) is 20.0. The van der Waals surface area contributed by atoms with Gasteiger partial charge in [0, 0.05) is 177 Å². The Morgan fingerprint density at radius 2 is 0.825 bits per heavy atom. The van der Waals surface area contributed by atoms with E-state index < -0.39 is 11.6 Å². The minimum absolute atomic E-state index is 0.0905. The van der Waals surface area contributed by atoms with Gasteiger partial charge in [0.1, 0.15) is 44.7 Å². The first-order valence-corrected chi connectivity index (χ1v) is 38.0. The number of rotatable bonds is 9. The van der Waals surface area contributed by atoms with Crippen LogP contribution in [0.15, 0.2) is 207 Å². The largest absolute Gasteiger partial charge is 0.441 e. The molecule has 0 unspecified atom stereocenters. The van der Waals surface area contributed by atoms with E-state index in [1.54, 1.807) is 46.9 Å². The number of pyridine rings is 4. The average Bonchev–Trinajstić information content (AvgIpc) is 0.924. The zero-order chi connectivity index (χ0) is 78.6. The minimum Gasteiger partial charge on any atom is -0.441 e. The zero-order valence-electron chi connectivity index (χ0n) is 63.8. The summed E-state index contributed by atoms with van der Waals surface area (Å²) in [5.41, 5.74) is 17.1. The molecule has 2 saturated heterocycles. The molecular formula is C86H80F2N18O8. The normalized spacial score (nSPS) is 15.7. The summed E-state index contributed by atoms with van der Waals surface area (Å²) in [6, 6.07) is 39.2. The lowest BCUT2D eigenvalue weighted by atomic mass is 10.0. The Bertz CT molecular complexity index is 6780.